The fourth-order valence-electron chi connectivity index (χ4n) is 2.73. The van der Waals surface area contributed by atoms with Crippen LogP contribution in [-0.2, 0) is 0 Å². The van der Waals surface area contributed by atoms with Gasteiger partial charge in [-0.1, -0.05) is 0 Å². The van der Waals surface area contributed by atoms with Crippen LogP contribution in [0.25, 0.3) is 11.0 Å². The molecule has 1 aromatic heterocycles. The summed E-state index contributed by atoms with van der Waals surface area (Å²) in [7, 11) is 2.16. The number of carbonyl (C=O) groups excluding carboxylic acids is 1. The van der Waals surface area contributed by atoms with Gasteiger partial charge >= 0.3 is 0 Å². The monoisotopic (exact) mass is 287 g/mol. The second-order valence-corrected chi connectivity index (χ2v) is 5.92. The lowest BCUT2D eigenvalue weighted by Crippen LogP contribution is -2.32. The molecule has 1 aliphatic rings. The molecule has 0 radical (unpaired) electrons. The number of rotatable bonds is 4. The van der Waals surface area contributed by atoms with Crippen LogP contribution in [0.2, 0.25) is 0 Å². The van der Waals surface area contributed by atoms with Crippen molar-refractivity contribution in [2.75, 3.05) is 26.7 Å². The van der Waals surface area contributed by atoms with Gasteiger partial charge in [0.05, 0.1) is 6.61 Å². The van der Waals surface area contributed by atoms with E-state index in [9.17, 15) is 4.79 Å². The van der Waals surface area contributed by atoms with Gasteiger partial charge in [0.15, 0.2) is 11.5 Å². The van der Waals surface area contributed by atoms with E-state index in [0.29, 0.717) is 11.7 Å². The molecule has 1 aliphatic heterocycles. The number of benzene rings is 1. The van der Waals surface area contributed by atoms with Gasteiger partial charge in [0.2, 0.25) is 0 Å². The maximum absolute atomic E-state index is 11.3. The van der Waals surface area contributed by atoms with Crippen molar-refractivity contribution in [3.63, 3.8) is 0 Å². The molecule has 0 unspecified atom stereocenters. The van der Waals surface area contributed by atoms with E-state index in [1.807, 2.05) is 18.2 Å². The molecule has 4 nitrogen and oxygen atoms in total. The molecule has 0 bridgehead atoms. The highest BCUT2D eigenvalue weighted by molar-refractivity contribution is 5.96. The second kappa shape index (κ2) is 5.90. The zero-order chi connectivity index (χ0) is 14.8. The number of fused-ring (bicyclic) bond motifs is 1. The molecule has 1 aromatic carbocycles. The number of nitrogens with zero attached hydrogens (tertiary/aromatic N) is 1. The van der Waals surface area contributed by atoms with E-state index in [4.69, 9.17) is 9.15 Å². The Labute approximate surface area is 124 Å². The highest BCUT2D eigenvalue weighted by Crippen LogP contribution is 2.25. The summed E-state index contributed by atoms with van der Waals surface area (Å²) < 4.78 is 11.4. The van der Waals surface area contributed by atoms with Gasteiger partial charge in [-0.25, -0.2) is 0 Å². The van der Waals surface area contributed by atoms with Crippen LogP contribution in [-0.4, -0.2) is 37.4 Å². The van der Waals surface area contributed by atoms with Gasteiger partial charge in [-0.15, -0.1) is 0 Å². The Hall–Kier alpha value is -1.81. The number of furan rings is 1. The Bertz CT molecular complexity index is 639. The van der Waals surface area contributed by atoms with Crippen LogP contribution in [0.1, 0.15) is 30.3 Å². The van der Waals surface area contributed by atoms with Crippen molar-refractivity contribution in [3.8, 4) is 5.75 Å². The molecular formula is C17H21NO3. The number of hydrogen-bond acceptors (Lipinski definition) is 4. The molecule has 1 saturated heterocycles. The molecule has 2 aromatic rings. The highest BCUT2D eigenvalue weighted by Gasteiger charge is 2.17. The van der Waals surface area contributed by atoms with Crippen molar-refractivity contribution >= 4 is 16.8 Å². The predicted octanol–water partition coefficient (Wildman–Crippen LogP) is 3.36. The summed E-state index contributed by atoms with van der Waals surface area (Å²) in [5.74, 6) is 1.82. The molecule has 0 aliphatic carbocycles. The van der Waals surface area contributed by atoms with Crippen molar-refractivity contribution in [3.05, 3.63) is 30.0 Å². The maximum Gasteiger partial charge on any atom is 0.194 e. The molecular weight excluding hydrogens is 266 g/mol. The van der Waals surface area contributed by atoms with Crippen LogP contribution >= 0.6 is 0 Å². The normalized spacial score (nSPS) is 17.2. The quantitative estimate of drug-likeness (QED) is 0.809. The standard InChI is InChI=1S/C17H21NO3/c1-12(19)17-10-14-9-15(3-4-16(14)21-17)20-11-13-5-7-18(2)8-6-13/h3-4,9-10,13H,5-8,11H2,1-2H3. The maximum atomic E-state index is 11.3. The number of Topliss-reactive ketones (excluding diaryl/α,β-unsaturated/α-hetero) is 1. The molecule has 1 fully saturated rings. The minimum Gasteiger partial charge on any atom is -0.493 e. The van der Waals surface area contributed by atoms with E-state index in [1.54, 1.807) is 6.07 Å². The number of ether oxygens (including phenoxy) is 1. The molecule has 0 amide bonds. The van der Waals surface area contributed by atoms with Crippen molar-refractivity contribution < 1.29 is 13.9 Å². The van der Waals surface area contributed by atoms with Crippen LogP contribution in [0.3, 0.4) is 0 Å². The summed E-state index contributed by atoms with van der Waals surface area (Å²) in [6, 6.07) is 7.50. The Morgan fingerprint density at radius 2 is 2.10 bits per heavy atom. The van der Waals surface area contributed by atoms with Gasteiger partial charge in [-0.2, -0.15) is 0 Å². The third-order valence-corrected chi connectivity index (χ3v) is 4.16. The van der Waals surface area contributed by atoms with Crippen molar-refractivity contribution in [2.45, 2.75) is 19.8 Å². The van der Waals surface area contributed by atoms with Crippen LogP contribution in [0.5, 0.6) is 5.75 Å². The largest absolute Gasteiger partial charge is 0.493 e. The van der Waals surface area contributed by atoms with E-state index < -0.39 is 0 Å². The Morgan fingerprint density at radius 3 is 2.81 bits per heavy atom. The Balaban J connectivity index is 1.65. The third-order valence-electron chi connectivity index (χ3n) is 4.16. The van der Waals surface area contributed by atoms with Crippen LogP contribution in [0.4, 0.5) is 0 Å². The zero-order valence-corrected chi connectivity index (χ0v) is 12.6. The number of ketones is 1. The Morgan fingerprint density at radius 1 is 1.33 bits per heavy atom. The van der Waals surface area contributed by atoms with Gasteiger partial charge < -0.3 is 14.1 Å². The van der Waals surface area contributed by atoms with E-state index in [2.05, 4.69) is 11.9 Å². The fraction of sp³-hybridized carbons (Fsp3) is 0.471. The molecule has 0 atom stereocenters. The van der Waals surface area contributed by atoms with Gasteiger partial charge in [0, 0.05) is 12.3 Å². The van der Waals surface area contributed by atoms with Gasteiger partial charge in [0.1, 0.15) is 11.3 Å². The van der Waals surface area contributed by atoms with Crippen molar-refractivity contribution in [1.29, 1.82) is 0 Å². The first-order valence-corrected chi connectivity index (χ1v) is 7.47. The minimum absolute atomic E-state index is 0.0556. The topological polar surface area (TPSA) is 42.7 Å². The Kier molecular flexibility index (Phi) is 3.97. The zero-order valence-electron chi connectivity index (χ0n) is 12.6. The fourth-order valence-corrected chi connectivity index (χ4v) is 2.73. The molecule has 4 heteroatoms. The summed E-state index contributed by atoms with van der Waals surface area (Å²) in [4.78, 5) is 13.7. The highest BCUT2D eigenvalue weighted by atomic mass is 16.5. The third kappa shape index (κ3) is 3.27. The van der Waals surface area contributed by atoms with E-state index >= 15 is 0 Å². The van der Waals surface area contributed by atoms with Gasteiger partial charge in [-0.3, -0.25) is 4.79 Å². The molecule has 3 rings (SSSR count). The predicted molar refractivity (Wildman–Crippen MR) is 81.9 cm³/mol. The summed E-state index contributed by atoms with van der Waals surface area (Å²) >= 11 is 0. The minimum atomic E-state index is -0.0556. The molecule has 112 valence electrons. The molecule has 0 N–H and O–H groups in total. The lowest BCUT2D eigenvalue weighted by molar-refractivity contribution is 0.0989. The van der Waals surface area contributed by atoms with Crippen LogP contribution < -0.4 is 4.74 Å². The van der Waals surface area contributed by atoms with E-state index in [-0.39, 0.29) is 5.78 Å². The number of likely N-dealkylation sites (tertiary alicyclic amines) is 1. The van der Waals surface area contributed by atoms with Crippen molar-refractivity contribution in [2.24, 2.45) is 5.92 Å². The van der Waals surface area contributed by atoms with Gasteiger partial charge in [-0.05, 0) is 63.2 Å². The SMILES string of the molecule is CC(=O)c1cc2cc(OCC3CCN(C)CC3)ccc2o1. The molecule has 2 heterocycles. The van der Waals surface area contributed by atoms with Crippen LogP contribution in [0.15, 0.2) is 28.7 Å². The summed E-state index contributed by atoms with van der Waals surface area (Å²) in [5, 5.41) is 0.918. The van der Waals surface area contributed by atoms with E-state index in [0.717, 1.165) is 36.4 Å². The van der Waals surface area contributed by atoms with Crippen LogP contribution in [0, 0.1) is 5.92 Å². The second-order valence-electron chi connectivity index (χ2n) is 5.92. The first-order chi connectivity index (χ1) is 10.1. The average Bonchev–Trinajstić information content (AvgIpc) is 2.90. The molecule has 0 saturated carbocycles. The summed E-state index contributed by atoms with van der Waals surface area (Å²) in [6.07, 6.45) is 2.39. The first kappa shape index (κ1) is 14.1. The lowest BCUT2D eigenvalue weighted by atomic mass is 9.98. The van der Waals surface area contributed by atoms with Crippen molar-refractivity contribution in [1.82, 2.24) is 4.90 Å². The number of carbonyl (C=O) groups is 1. The number of piperidine rings is 1. The molecule has 0 spiro atoms. The number of hydrogen-bond donors (Lipinski definition) is 0. The summed E-state index contributed by atoms with van der Waals surface area (Å²) in [5.41, 5.74) is 0.729. The lowest BCUT2D eigenvalue weighted by Gasteiger charge is -2.28. The average molecular weight is 287 g/mol. The van der Waals surface area contributed by atoms with Gasteiger partial charge in [0.25, 0.3) is 0 Å². The molecule has 21 heavy (non-hydrogen) atoms. The van der Waals surface area contributed by atoms with E-state index in [1.165, 1.54) is 19.8 Å². The first-order valence-electron chi connectivity index (χ1n) is 7.47. The smallest absolute Gasteiger partial charge is 0.194 e. The summed E-state index contributed by atoms with van der Waals surface area (Å²) in [6.45, 7) is 4.57.